The largest absolute Gasteiger partial charge is 0.496 e. The average molecular weight is 252 g/mol. The molecule has 2 nitrogen and oxygen atoms in total. The van der Waals surface area contributed by atoms with E-state index in [9.17, 15) is 0 Å². The van der Waals surface area contributed by atoms with Crippen molar-refractivity contribution in [1.82, 2.24) is 0 Å². The minimum Gasteiger partial charge on any atom is -0.496 e. The molecule has 3 rings (SSSR count). The van der Waals surface area contributed by atoms with E-state index in [2.05, 4.69) is 36.4 Å². The fraction of sp³-hybridized carbons (Fsp3) is 0.176. The number of ether oxygens (including phenoxy) is 2. The van der Waals surface area contributed by atoms with Gasteiger partial charge in [0.15, 0.2) is 0 Å². The van der Waals surface area contributed by atoms with Gasteiger partial charge < -0.3 is 9.47 Å². The molecule has 0 fully saturated rings. The number of fused-ring (bicyclic) bond motifs is 1. The van der Waals surface area contributed by atoms with Gasteiger partial charge in [-0.25, -0.2) is 0 Å². The van der Waals surface area contributed by atoms with Crippen molar-refractivity contribution in [3.05, 3.63) is 60.4 Å². The first-order valence-electron chi connectivity index (χ1n) is 6.52. The fourth-order valence-corrected chi connectivity index (χ4v) is 2.41. The minimum absolute atomic E-state index is 0.588. The third-order valence-electron chi connectivity index (χ3n) is 3.22. The van der Waals surface area contributed by atoms with Crippen LogP contribution in [0.15, 0.2) is 54.8 Å². The van der Waals surface area contributed by atoms with E-state index in [4.69, 9.17) is 9.47 Å². The summed E-state index contributed by atoms with van der Waals surface area (Å²) in [6.07, 6.45) is 5.74. The van der Waals surface area contributed by atoms with Crippen LogP contribution in [0.1, 0.15) is 12.5 Å². The molecule has 0 aliphatic carbocycles. The molecule has 0 amide bonds. The van der Waals surface area contributed by atoms with E-state index in [0.29, 0.717) is 13.2 Å². The normalized spacial score (nSPS) is 14.1. The Labute approximate surface area is 113 Å². The molecule has 0 unspecified atom stereocenters. The van der Waals surface area contributed by atoms with Crippen LogP contribution in [0, 0.1) is 0 Å². The second-order valence-electron chi connectivity index (χ2n) is 4.42. The molecule has 96 valence electrons. The van der Waals surface area contributed by atoms with E-state index in [0.717, 1.165) is 16.9 Å². The van der Waals surface area contributed by atoms with Gasteiger partial charge in [0, 0.05) is 11.1 Å². The molecule has 19 heavy (non-hydrogen) atoms. The Bertz CT molecular complexity index is 653. The smallest absolute Gasteiger partial charge is 0.127 e. The maximum absolute atomic E-state index is 5.78. The van der Waals surface area contributed by atoms with E-state index < -0.39 is 0 Å². The van der Waals surface area contributed by atoms with E-state index in [1.54, 1.807) is 6.26 Å². The molecule has 1 heterocycles. The lowest BCUT2D eigenvalue weighted by Crippen LogP contribution is -2.02. The number of hydrogen-bond acceptors (Lipinski definition) is 2. The van der Waals surface area contributed by atoms with Gasteiger partial charge in [-0.3, -0.25) is 0 Å². The predicted octanol–water partition coefficient (Wildman–Crippen LogP) is 4.17. The van der Waals surface area contributed by atoms with Crippen LogP contribution in [0.5, 0.6) is 5.75 Å². The monoisotopic (exact) mass is 252 g/mol. The molecule has 0 radical (unpaired) electrons. The Kier molecular flexibility index (Phi) is 3.23. The summed E-state index contributed by atoms with van der Waals surface area (Å²) in [6.45, 7) is 3.25. The number of rotatable bonds is 3. The lowest BCUT2D eigenvalue weighted by Gasteiger charge is -2.17. The summed E-state index contributed by atoms with van der Waals surface area (Å²) >= 11 is 0. The highest BCUT2D eigenvalue weighted by Crippen LogP contribution is 2.34. The molecule has 0 aromatic heterocycles. The average Bonchev–Trinajstić information content (AvgIpc) is 2.48. The molecular weight excluding hydrogens is 236 g/mol. The Morgan fingerprint density at radius 1 is 1.16 bits per heavy atom. The molecular formula is C17H16O2. The van der Waals surface area contributed by atoms with Crippen molar-refractivity contribution in [3.8, 4) is 5.75 Å². The van der Waals surface area contributed by atoms with Gasteiger partial charge in [0.25, 0.3) is 0 Å². The van der Waals surface area contributed by atoms with Crippen LogP contribution in [0.25, 0.3) is 16.3 Å². The van der Waals surface area contributed by atoms with Gasteiger partial charge in [0.1, 0.15) is 12.4 Å². The predicted molar refractivity (Wildman–Crippen MR) is 78.2 cm³/mol. The van der Waals surface area contributed by atoms with Crippen LogP contribution in [0.4, 0.5) is 0 Å². The SMILES string of the molecule is CCOc1ccc2ccccc2c1C1=CC=COC1. The number of allylic oxidation sites excluding steroid dienone is 2. The quantitative estimate of drug-likeness (QED) is 0.816. The van der Waals surface area contributed by atoms with E-state index in [1.165, 1.54) is 10.8 Å². The van der Waals surface area contributed by atoms with Gasteiger partial charge in [0.2, 0.25) is 0 Å². The Morgan fingerprint density at radius 3 is 2.84 bits per heavy atom. The highest BCUT2D eigenvalue weighted by molar-refractivity contribution is 5.97. The second kappa shape index (κ2) is 5.19. The van der Waals surface area contributed by atoms with E-state index in [-0.39, 0.29) is 0 Å². The molecule has 2 aromatic carbocycles. The van der Waals surface area contributed by atoms with Crippen molar-refractivity contribution in [1.29, 1.82) is 0 Å². The van der Waals surface area contributed by atoms with Gasteiger partial charge in [-0.2, -0.15) is 0 Å². The highest BCUT2D eigenvalue weighted by Gasteiger charge is 2.14. The topological polar surface area (TPSA) is 18.5 Å². The minimum atomic E-state index is 0.588. The second-order valence-corrected chi connectivity index (χ2v) is 4.42. The van der Waals surface area contributed by atoms with Gasteiger partial charge in [0.05, 0.1) is 12.9 Å². The first-order valence-corrected chi connectivity index (χ1v) is 6.52. The molecule has 1 aliphatic rings. The van der Waals surface area contributed by atoms with Crippen molar-refractivity contribution < 1.29 is 9.47 Å². The van der Waals surface area contributed by atoms with Gasteiger partial charge in [-0.05, 0) is 29.8 Å². The maximum atomic E-state index is 5.78. The summed E-state index contributed by atoms with van der Waals surface area (Å²) in [5, 5.41) is 2.43. The van der Waals surface area contributed by atoms with Crippen molar-refractivity contribution in [2.45, 2.75) is 6.92 Å². The summed E-state index contributed by atoms with van der Waals surface area (Å²) in [4.78, 5) is 0. The Balaban J connectivity index is 2.25. The summed E-state index contributed by atoms with van der Waals surface area (Å²) in [5.41, 5.74) is 2.30. The van der Waals surface area contributed by atoms with E-state index >= 15 is 0 Å². The highest BCUT2D eigenvalue weighted by atomic mass is 16.5. The molecule has 1 aliphatic heterocycles. The molecule has 2 aromatic rings. The zero-order valence-electron chi connectivity index (χ0n) is 10.9. The lowest BCUT2D eigenvalue weighted by atomic mass is 9.96. The summed E-state index contributed by atoms with van der Waals surface area (Å²) < 4.78 is 11.2. The van der Waals surface area contributed by atoms with Crippen molar-refractivity contribution >= 4 is 16.3 Å². The standard InChI is InChI=1S/C17H16O2/c1-2-19-16-10-9-13-6-3-4-8-15(13)17(16)14-7-5-11-18-12-14/h3-11H,2,12H2,1H3. The first-order chi connectivity index (χ1) is 9.40. The molecule has 0 N–H and O–H groups in total. The zero-order chi connectivity index (χ0) is 13.1. The molecule has 0 bridgehead atoms. The third-order valence-corrected chi connectivity index (χ3v) is 3.22. The van der Waals surface area contributed by atoms with Crippen molar-refractivity contribution in [3.63, 3.8) is 0 Å². The third kappa shape index (κ3) is 2.22. The molecule has 0 spiro atoms. The molecule has 0 atom stereocenters. The van der Waals surface area contributed by atoms with Crippen LogP contribution < -0.4 is 4.74 Å². The molecule has 0 saturated heterocycles. The van der Waals surface area contributed by atoms with Crippen LogP contribution in [-0.4, -0.2) is 13.2 Å². The fourth-order valence-electron chi connectivity index (χ4n) is 2.41. The number of hydrogen-bond donors (Lipinski definition) is 0. The maximum Gasteiger partial charge on any atom is 0.127 e. The summed E-state index contributed by atoms with van der Waals surface area (Å²) in [6, 6.07) is 12.5. The van der Waals surface area contributed by atoms with Crippen LogP contribution in [0.2, 0.25) is 0 Å². The zero-order valence-corrected chi connectivity index (χ0v) is 10.9. The van der Waals surface area contributed by atoms with Gasteiger partial charge in [-0.1, -0.05) is 36.4 Å². The molecule has 0 saturated carbocycles. The van der Waals surface area contributed by atoms with Gasteiger partial charge in [-0.15, -0.1) is 0 Å². The van der Waals surface area contributed by atoms with Crippen LogP contribution in [0.3, 0.4) is 0 Å². The lowest BCUT2D eigenvalue weighted by molar-refractivity contribution is 0.291. The molecule has 2 heteroatoms. The van der Waals surface area contributed by atoms with Gasteiger partial charge >= 0.3 is 0 Å². The van der Waals surface area contributed by atoms with Crippen LogP contribution >= 0.6 is 0 Å². The van der Waals surface area contributed by atoms with Crippen LogP contribution in [-0.2, 0) is 4.74 Å². The summed E-state index contributed by atoms with van der Waals surface area (Å²) in [7, 11) is 0. The Hall–Kier alpha value is -2.22. The van der Waals surface area contributed by atoms with E-state index in [1.807, 2.05) is 19.1 Å². The van der Waals surface area contributed by atoms with Crippen molar-refractivity contribution in [2.75, 3.05) is 13.2 Å². The van der Waals surface area contributed by atoms with Crippen molar-refractivity contribution in [2.24, 2.45) is 0 Å². The summed E-state index contributed by atoms with van der Waals surface area (Å²) in [5.74, 6) is 0.923. The number of benzene rings is 2. The Morgan fingerprint density at radius 2 is 2.05 bits per heavy atom. The first kappa shape index (κ1) is 11.8.